The van der Waals surface area contributed by atoms with Crippen LogP contribution in [-0.2, 0) is 4.79 Å². The zero-order valence-electron chi connectivity index (χ0n) is 9.83. The summed E-state index contributed by atoms with van der Waals surface area (Å²) in [5.41, 5.74) is -1.37. The molecule has 1 aromatic heterocycles. The molecule has 1 unspecified atom stereocenters. The second-order valence-electron chi connectivity index (χ2n) is 3.89. The number of aliphatic hydroxyl groups is 1. The van der Waals surface area contributed by atoms with Crippen LogP contribution >= 0.6 is 15.9 Å². The van der Waals surface area contributed by atoms with Gasteiger partial charge in [-0.05, 0) is 29.8 Å². The Hall–Kier alpha value is -1.41. The summed E-state index contributed by atoms with van der Waals surface area (Å²) >= 11 is 2.98. The van der Waals surface area contributed by atoms with E-state index >= 15 is 0 Å². The molecule has 0 spiro atoms. The van der Waals surface area contributed by atoms with Crippen LogP contribution in [0.2, 0.25) is 0 Å². The average Bonchev–Trinajstić information content (AvgIpc) is 2.32. The van der Waals surface area contributed by atoms with E-state index in [2.05, 4.69) is 15.9 Å². The van der Waals surface area contributed by atoms with Crippen LogP contribution in [0.3, 0.4) is 0 Å². The lowest BCUT2D eigenvalue weighted by Gasteiger charge is -2.17. The molecule has 0 fully saturated rings. The normalized spacial score (nSPS) is 14.2. The first kappa shape index (κ1) is 14.7. The van der Waals surface area contributed by atoms with Gasteiger partial charge in [-0.1, -0.05) is 0 Å². The average molecular weight is 321 g/mol. The first-order chi connectivity index (χ1) is 8.31. The Balaban J connectivity index is 3.60. The van der Waals surface area contributed by atoms with Crippen LogP contribution in [0, 0.1) is 0 Å². The fourth-order valence-corrected chi connectivity index (χ4v) is 1.84. The molecule has 1 rings (SSSR count). The Morgan fingerprint density at radius 2 is 2.00 bits per heavy atom. The van der Waals surface area contributed by atoms with E-state index in [0.29, 0.717) is 0 Å². The molecule has 1 aromatic rings. The summed E-state index contributed by atoms with van der Waals surface area (Å²) in [7, 11) is 0. The molecule has 0 aliphatic rings. The lowest BCUT2D eigenvalue weighted by atomic mass is 10.3. The second-order valence-corrected chi connectivity index (χ2v) is 4.74. The molecule has 1 heterocycles. The van der Waals surface area contributed by atoms with Gasteiger partial charge in [-0.2, -0.15) is 0 Å². The highest BCUT2D eigenvalue weighted by Crippen LogP contribution is 2.08. The molecule has 0 aliphatic heterocycles. The van der Waals surface area contributed by atoms with Crippen molar-refractivity contribution in [2.45, 2.75) is 25.9 Å². The van der Waals surface area contributed by atoms with Crippen molar-refractivity contribution in [3.05, 3.63) is 31.5 Å². The minimum atomic E-state index is -1.19. The van der Waals surface area contributed by atoms with Gasteiger partial charge in [0.05, 0.1) is 17.1 Å². The van der Waals surface area contributed by atoms with Crippen molar-refractivity contribution in [3.63, 3.8) is 0 Å². The third-order valence-corrected chi connectivity index (χ3v) is 3.13. The van der Waals surface area contributed by atoms with Gasteiger partial charge in [-0.15, -0.1) is 0 Å². The summed E-state index contributed by atoms with van der Waals surface area (Å²) < 4.78 is 1.82. The third kappa shape index (κ3) is 2.54. The molecule has 2 atom stereocenters. The molecule has 0 aromatic carbocycles. The van der Waals surface area contributed by atoms with Gasteiger partial charge in [0.1, 0.15) is 6.04 Å². The SMILES string of the molecule is CC(C(=O)O)n1cc(Br)c(=O)n([C@@H](C)CO)c1=O. The number of carboxylic acids is 1. The van der Waals surface area contributed by atoms with E-state index in [4.69, 9.17) is 10.2 Å². The van der Waals surface area contributed by atoms with Crippen molar-refractivity contribution in [1.29, 1.82) is 0 Å². The van der Waals surface area contributed by atoms with Crippen molar-refractivity contribution in [1.82, 2.24) is 9.13 Å². The van der Waals surface area contributed by atoms with Crippen molar-refractivity contribution < 1.29 is 15.0 Å². The Morgan fingerprint density at radius 1 is 1.44 bits per heavy atom. The van der Waals surface area contributed by atoms with Gasteiger partial charge >= 0.3 is 11.7 Å². The second kappa shape index (κ2) is 5.49. The number of halogens is 1. The van der Waals surface area contributed by atoms with Crippen molar-refractivity contribution in [2.24, 2.45) is 0 Å². The number of aliphatic hydroxyl groups excluding tert-OH is 1. The number of aromatic nitrogens is 2. The number of carboxylic acid groups (broad SMARTS) is 1. The molecular formula is C10H13BrN2O5. The van der Waals surface area contributed by atoms with E-state index in [-0.39, 0.29) is 4.47 Å². The number of nitrogens with zero attached hydrogens (tertiary/aromatic N) is 2. The molecule has 0 saturated carbocycles. The lowest BCUT2D eigenvalue weighted by Crippen LogP contribution is -2.44. The molecule has 2 N–H and O–H groups in total. The number of rotatable bonds is 4. The summed E-state index contributed by atoms with van der Waals surface area (Å²) in [5.74, 6) is -1.19. The van der Waals surface area contributed by atoms with Crippen molar-refractivity contribution in [3.8, 4) is 0 Å². The van der Waals surface area contributed by atoms with Crippen LogP contribution in [-0.4, -0.2) is 31.9 Å². The molecular weight excluding hydrogens is 308 g/mol. The predicted molar refractivity (Wildman–Crippen MR) is 66.8 cm³/mol. The Kier molecular flexibility index (Phi) is 4.47. The molecule has 7 nitrogen and oxygen atoms in total. The standard InChI is InChI=1S/C10H13BrN2O5/c1-5(4-14)13-8(15)7(11)3-12(10(13)18)6(2)9(16)17/h3,5-6,14H,4H2,1-2H3,(H,16,17)/t5-,6?/m0/s1. The highest BCUT2D eigenvalue weighted by atomic mass is 79.9. The lowest BCUT2D eigenvalue weighted by molar-refractivity contribution is -0.140. The number of aliphatic carboxylic acids is 1. The van der Waals surface area contributed by atoms with E-state index in [1.807, 2.05) is 0 Å². The summed E-state index contributed by atoms with van der Waals surface area (Å²) in [6, 6.07) is -1.83. The van der Waals surface area contributed by atoms with Crippen LogP contribution in [0.5, 0.6) is 0 Å². The third-order valence-electron chi connectivity index (χ3n) is 2.58. The minimum absolute atomic E-state index is 0.0653. The van der Waals surface area contributed by atoms with E-state index < -0.39 is 35.9 Å². The van der Waals surface area contributed by atoms with Gasteiger partial charge < -0.3 is 10.2 Å². The van der Waals surface area contributed by atoms with E-state index in [0.717, 1.165) is 15.3 Å². The van der Waals surface area contributed by atoms with Crippen LogP contribution < -0.4 is 11.2 Å². The summed E-state index contributed by atoms with van der Waals surface area (Å²) in [6.45, 7) is 2.42. The zero-order valence-corrected chi connectivity index (χ0v) is 11.4. The smallest absolute Gasteiger partial charge is 0.332 e. The largest absolute Gasteiger partial charge is 0.480 e. The molecule has 0 radical (unpaired) electrons. The van der Waals surface area contributed by atoms with Crippen LogP contribution in [0.4, 0.5) is 0 Å². The van der Waals surface area contributed by atoms with Gasteiger partial charge in [0.25, 0.3) is 5.56 Å². The maximum absolute atomic E-state index is 12.0. The van der Waals surface area contributed by atoms with Gasteiger partial charge in [0, 0.05) is 6.20 Å². The molecule has 18 heavy (non-hydrogen) atoms. The number of carbonyl (C=O) groups is 1. The number of hydrogen-bond donors (Lipinski definition) is 2. The van der Waals surface area contributed by atoms with Crippen molar-refractivity contribution in [2.75, 3.05) is 6.61 Å². The van der Waals surface area contributed by atoms with Gasteiger partial charge in [-0.25, -0.2) is 9.59 Å². The summed E-state index contributed by atoms with van der Waals surface area (Å²) in [6.07, 6.45) is 1.14. The molecule has 100 valence electrons. The fraction of sp³-hybridized carbons (Fsp3) is 0.500. The van der Waals surface area contributed by atoms with E-state index in [1.165, 1.54) is 13.8 Å². The Bertz CT molecular complexity index is 577. The molecule has 0 amide bonds. The quantitative estimate of drug-likeness (QED) is 0.811. The predicted octanol–water partition coefficient (Wildman–Crippen LogP) is -0.0286. The minimum Gasteiger partial charge on any atom is -0.480 e. The first-order valence-electron chi connectivity index (χ1n) is 5.18. The van der Waals surface area contributed by atoms with Gasteiger partial charge in [0.15, 0.2) is 0 Å². The van der Waals surface area contributed by atoms with Crippen LogP contribution in [0.25, 0.3) is 0 Å². The zero-order chi connectivity index (χ0) is 14.0. The fourth-order valence-electron chi connectivity index (χ4n) is 1.43. The van der Waals surface area contributed by atoms with E-state index in [1.54, 1.807) is 0 Å². The maximum atomic E-state index is 12.0. The maximum Gasteiger partial charge on any atom is 0.332 e. The Morgan fingerprint density at radius 3 is 2.44 bits per heavy atom. The summed E-state index contributed by atoms with van der Waals surface area (Å²) in [4.78, 5) is 34.7. The topological polar surface area (TPSA) is 102 Å². The van der Waals surface area contributed by atoms with Crippen molar-refractivity contribution >= 4 is 21.9 Å². The van der Waals surface area contributed by atoms with Crippen LogP contribution in [0.15, 0.2) is 20.3 Å². The summed E-state index contributed by atoms with van der Waals surface area (Å²) in [5, 5.41) is 17.9. The van der Waals surface area contributed by atoms with Gasteiger partial charge in [0.2, 0.25) is 0 Å². The Labute approximate surface area is 110 Å². The van der Waals surface area contributed by atoms with Crippen LogP contribution in [0.1, 0.15) is 25.9 Å². The first-order valence-corrected chi connectivity index (χ1v) is 5.97. The number of hydrogen-bond acceptors (Lipinski definition) is 4. The van der Waals surface area contributed by atoms with E-state index in [9.17, 15) is 14.4 Å². The monoisotopic (exact) mass is 320 g/mol. The molecule has 0 aliphatic carbocycles. The molecule has 8 heteroatoms. The molecule has 0 bridgehead atoms. The highest BCUT2D eigenvalue weighted by Gasteiger charge is 2.20. The molecule has 0 saturated heterocycles. The highest BCUT2D eigenvalue weighted by molar-refractivity contribution is 9.10. The van der Waals surface area contributed by atoms with Gasteiger partial charge in [-0.3, -0.25) is 13.9 Å².